The lowest BCUT2D eigenvalue weighted by atomic mass is 10.1. The maximum Gasteiger partial charge on any atom is 0.307 e. The summed E-state index contributed by atoms with van der Waals surface area (Å²) < 4.78 is 4.88. The summed E-state index contributed by atoms with van der Waals surface area (Å²) >= 11 is 0. The van der Waals surface area contributed by atoms with E-state index in [4.69, 9.17) is 9.84 Å². The fourth-order valence-corrected chi connectivity index (χ4v) is 0.768. The Kier molecular flexibility index (Phi) is 4.53. The van der Waals surface area contributed by atoms with Crippen molar-refractivity contribution in [2.45, 2.75) is 6.42 Å². The van der Waals surface area contributed by atoms with E-state index in [1.165, 1.54) is 19.3 Å². The van der Waals surface area contributed by atoms with Crippen molar-refractivity contribution in [1.82, 2.24) is 0 Å². The van der Waals surface area contributed by atoms with Crippen LogP contribution in [0, 0.1) is 0 Å². The first-order valence-electron chi connectivity index (χ1n) is 3.39. The van der Waals surface area contributed by atoms with Crippen molar-refractivity contribution in [1.29, 1.82) is 0 Å². The van der Waals surface area contributed by atoms with E-state index in [-0.39, 0.29) is 6.42 Å². The molecular formula is C9H12O3. The van der Waals surface area contributed by atoms with Gasteiger partial charge in [0.05, 0.1) is 13.5 Å². The molecule has 0 aliphatic carbocycles. The Morgan fingerprint density at radius 2 is 2.08 bits per heavy atom. The standard InChI is InChI=1S/C9H12O3/c1-4-7(6-9(10)11)8(5-2)12-3/h4-5H,1-2,6H2,3H3,(H,10,11)/b8-7-. The molecule has 0 aromatic carbocycles. The van der Waals surface area contributed by atoms with E-state index in [1.807, 2.05) is 0 Å². The summed E-state index contributed by atoms with van der Waals surface area (Å²) in [4.78, 5) is 10.3. The molecule has 0 saturated heterocycles. The molecule has 0 bridgehead atoms. The molecule has 0 aromatic rings. The first-order chi connectivity index (χ1) is 5.65. The number of aliphatic carboxylic acids is 1. The lowest BCUT2D eigenvalue weighted by Crippen LogP contribution is -1.99. The molecule has 0 unspecified atom stereocenters. The van der Waals surface area contributed by atoms with Crippen LogP contribution in [0.2, 0.25) is 0 Å². The SMILES string of the molecule is C=C/C(CC(=O)O)=C(\C=C)OC. The number of carboxylic acids is 1. The van der Waals surface area contributed by atoms with Gasteiger partial charge < -0.3 is 9.84 Å². The van der Waals surface area contributed by atoms with E-state index in [0.717, 1.165) is 0 Å². The molecule has 1 N–H and O–H groups in total. The van der Waals surface area contributed by atoms with E-state index in [0.29, 0.717) is 11.3 Å². The number of hydrogen-bond acceptors (Lipinski definition) is 2. The Balaban J connectivity index is 4.68. The van der Waals surface area contributed by atoms with Crippen LogP contribution < -0.4 is 0 Å². The molecule has 0 heterocycles. The van der Waals surface area contributed by atoms with Gasteiger partial charge in [0, 0.05) is 5.57 Å². The summed E-state index contributed by atoms with van der Waals surface area (Å²) in [5.74, 6) is -0.464. The van der Waals surface area contributed by atoms with E-state index in [2.05, 4.69) is 13.2 Å². The maximum absolute atomic E-state index is 10.3. The predicted molar refractivity (Wildman–Crippen MR) is 46.7 cm³/mol. The van der Waals surface area contributed by atoms with Crippen LogP contribution in [0.25, 0.3) is 0 Å². The molecule has 0 aliphatic rings. The molecule has 3 heteroatoms. The molecule has 0 radical (unpaired) electrons. The normalized spacial score (nSPS) is 11.4. The van der Waals surface area contributed by atoms with Crippen molar-refractivity contribution in [3.63, 3.8) is 0 Å². The van der Waals surface area contributed by atoms with Crippen LogP contribution in [0.1, 0.15) is 6.42 Å². The zero-order chi connectivity index (χ0) is 9.56. The number of ether oxygens (including phenoxy) is 1. The molecule has 0 amide bonds. The zero-order valence-corrected chi connectivity index (χ0v) is 7.04. The Bertz CT molecular complexity index is 226. The molecule has 12 heavy (non-hydrogen) atoms. The van der Waals surface area contributed by atoms with Crippen molar-refractivity contribution in [3.8, 4) is 0 Å². The van der Waals surface area contributed by atoms with Crippen molar-refractivity contribution < 1.29 is 14.6 Å². The lowest BCUT2D eigenvalue weighted by Gasteiger charge is -2.04. The van der Waals surface area contributed by atoms with Gasteiger partial charge in [0.2, 0.25) is 0 Å². The third-order valence-electron chi connectivity index (χ3n) is 1.31. The summed E-state index contributed by atoms with van der Waals surface area (Å²) in [5, 5.41) is 8.48. The molecule has 66 valence electrons. The molecule has 0 rings (SSSR count). The van der Waals surface area contributed by atoms with Crippen LogP contribution in [-0.2, 0) is 9.53 Å². The van der Waals surface area contributed by atoms with Crippen LogP contribution >= 0.6 is 0 Å². The highest BCUT2D eigenvalue weighted by Crippen LogP contribution is 2.11. The average molecular weight is 168 g/mol. The van der Waals surface area contributed by atoms with Gasteiger partial charge in [-0.1, -0.05) is 19.2 Å². The second-order valence-electron chi connectivity index (χ2n) is 2.07. The molecule has 3 nitrogen and oxygen atoms in total. The highest BCUT2D eigenvalue weighted by molar-refractivity contribution is 5.71. The van der Waals surface area contributed by atoms with Gasteiger partial charge in [-0.25, -0.2) is 0 Å². The number of carbonyl (C=O) groups is 1. The van der Waals surface area contributed by atoms with Crippen LogP contribution in [-0.4, -0.2) is 18.2 Å². The van der Waals surface area contributed by atoms with Gasteiger partial charge in [-0.05, 0) is 6.08 Å². The van der Waals surface area contributed by atoms with Crippen molar-refractivity contribution >= 4 is 5.97 Å². The van der Waals surface area contributed by atoms with Gasteiger partial charge in [0.15, 0.2) is 0 Å². The zero-order valence-electron chi connectivity index (χ0n) is 7.04. The largest absolute Gasteiger partial charge is 0.496 e. The number of hydrogen-bond donors (Lipinski definition) is 1. The van der Waals surface area contributed by atoms with Gasteiger partial charge in [0.25, 0.3) is 0 Å². The summed E-state index contributed by atoms with van der Waals surface area (Å²) in [7, 11) is 1.46. The molecule has 0 aromatic heterocycles. The Hall–Kier alpha value is -1.51. The topological polar surface area (TPSA) is 46.5 Å². The second-order valence-corrected chi connectivity index (χ2v) is 2.07. The quantitative estimate of drug-likeness (QED) is 0.502. The molecule has 0 aliphatic heterocycles. The van der Waals surface area contributed by atoms with Crippen molar-refractivity contribution in [3.05, 3.63) is 36.6 Å². The number of rotatable bonds is 5. The Morgan fingerprint density at radius 1 is 1.50 bits per heavy atom. The van der Waals surface area contributed by atoms with Gasteiger partial charge in [-0.2, -0.15) is 0 Å². The van der Waals surface area contributed by atoms with Crippen molar-refractivity contribution in [2.75, 3.05) is 7.11 Å². The van der Waals surface area contributed by atoms with Crippen LogP contribution in [0.15, 0.2) is 36.6 Å². The monoisotopic (exact) mass is 168 g/mol. The fourth-order valence-electron chi connectivity index (χ4n) is 0.768. The first-order valence-corrected chi connectivity index (χ1v) is 3.39. The Morgan fingerprint density at radius 3 is 2.33 bits per heavy atom. The second kappa shape index (κ2) is 5.18. The number of allylic oxidation sites excluding steroid dienone is 2. The van der Waals surface area contributed by atoms with Gasteiger partial charge in [-0.15, -0.1) is 0 Å². The minimum Gasteiger partial charge on any atom is -0.496 e. The third-order valence-corrected chi connectivity index (χ3v) is 1.31. The van der Waals surface area contributed by atoms with Crippen molar-refractivity contribution in [2.24, 2.45) is 0 Å². The highest BCUT2D eigenvalue weighted by atomic mass is 16.5. The van der Waals surface area contributed by atoms with Gasteiger partial charge >= 0.3 is 5.97 Å². The predicted octanol–water partition coefficient (Wildman–Crippen LogP) is 1.73. The maximum atomic E-state index is 10.3. The minimum atomic E-state index is -0.915. The van der Waals surface area contributed by atoms with Crippen LogP contribution in [0.3, 0.4) is 0 Å². The summed E-state index contributed by atoms with van der Waals surface area (Å²) in [6.07, 6.45) is 2.81. The van der Waals surface area contributed by atoms with E-state index in [1.54, 1.807) is 0 Å². The number of methoxy groups -OCH3 is 1. The van der Waals surface area contributed by atoms with Gasteiger partial charge in [-0.3, -0.25) is 4.79 Å². The van der Waals surface area contributed by atoms with Crippen LogP contribution in [0.5, 0.6) is 0 Å². The fraction of sp³-hybridized carbons (Fsp3) is 0.222. The van der Waals surface area contributed by atoms with Gasteiger partial charge in [0.1, 0.15) is 5.76 Å². The van der Waals surface area contributed by atoms with E-state index in [9.17, 15) is 4.79 Å². The molecular weight excluding hydrogens is 156 g/mol. The van der Waals surface area contributed by atoms with Crippen LogP contribution in [0.4, 0.5) is 0 Å². The first kappa shape index (κ1) is 10.5. The summed E-state index contributed by atoms with van der Waals surface area (Å²) in [6.45, 7) is 6.97. The summed E-state index contributed by atoms with van der Waals surface area (Å²) in [5.41, 5.74) is 0.528. The highest BCUT2D eigenvalue weighted by Gasteiger charge is 2.05. The van der Waals surface area contributed by atoms with E-state index < -0.39 is 5.97 Å². The lowest BCUT2D eigenvalue weighted by molar-refractivity contribution is -0.136. The smallest absolute Gasteiger partial charge is 0.307 e. The Labute approximate surface area is 71.7 Å². The molecule has 0 saturated carbocycles. The molecule has 0 atom stereocenters. The minimum absolute atomic E-state index is 0.0985. The molecule has 0 spiro atoms. The number of carboxylic acid groups (broad SMARTS) is 1. The average Bonchev–Trinajstić information content (AvgIpc) is 2.04. The third kappa shape index (κ3) is 3.05. The van der Waals surface area contributed by atoms with E-state index >= 15 is 0 Å². The summed E-state index contributed by atoms with van der Waals surface area (Å²) in [6, 6.07) is 0. The molecule has 0 fully saturated rings.